The van der Waals surface area contributed by atoms with Crippen molar-refractivity contribution in [3.63, 3.8) is 0 Å². The van der Waals surface area contributed by atoms with E-state index in [4.69, 9.17) is 19.7 Å². The van der Waals surface area contributed by atoms with E-state index < -0.39 is 5.41 Å². The average molecular weight is 691 g/mol. The molecule has 8 aromatic carbocycles. The Morgan fingerprint density at radius 1 is 0.444 bits per heavy atom. The molecule has 252 valence electrons. The highest BCUT2D eigenvalue weighted by Crippen LogP contribution is 2.55. The fourth-order valence-corrected chi connectivity index (χ4v) is 8.04. The predicted octanol–water partition coefficient (Wildman–Crippen LogP) is 11.5. The van der Waals surface area contributed by atoms with Gasteiger partial charge in [0.2, 0.25) is 0 Å². The Hall–Kier alpha value is -7.42. The van der Waals surface area contributed by atoms with Gasteiger partial charge in [-0.3, -0.25) is 0 Å². The summed E-state index contributed by atoms with van der Waals surface area (Å²) in [6.45, 7) is 0. The zero-order valence-electron chi connectivity index (χ0n) is 29.0. The lowest BCUT2D eigenvalue weighted by Gasteiger charge is -2.41. The largest absolute Gasteiger partial charge is 0.457 e. The summed E-state index contributed by atoms with van der Waals surface area (Å²) in [5.41, 5.74) is 6.85. The summed E-state index contributed by atoms with van der Waals surface area (Å²) in [5, 5.41) is 14.0. The lowest BCUT2D eigenvalue weighted by atomic mass is 9.63. The van der Waals surface area contributed by atoms with Crippen LogP contribution < -0.4 is 4.74 Å². The highest BCUT2D eigenvalue weighted by Gasteiger charge is 2.45. The molecule has 0 saturated heterocycles. The van der Waals surface area contributed by atoms with Crippen molar-refractivity contribution in [1.82, 2.24) is 15.0 Å². The zero-order valence-corrected chi connectivity index (χ0v) is 29.0. The number of nitrogens with zero attached hydrogens (tertiary/aromatic N) is 4. The minimum Gasteiger partial charge on any atom is -0.457 e. The Bertz CT molecular complexity index is 2880. The summed E-state index contributed by atoms with van der Waals surface area (Å²) < 4.78 is 6.80. The number of rotatable bonds is 5. The van der Waals surface area contributed by atoms with Crippen LogP contribution in [0.15, 0.2) is 182 Å². The normalized spacial score (nSPS) is 12.7. The summed E-state index contributed by atoms with van der Waals surface area (Å²) >= 11 is 0. The van der Waals surface area contributed by atoms with Crippen LogP contribution in [0.2, 0.25) is 0 Å². The third-order valence-corrected chi connectivity index (χ3v) is 10.5. The molecule has 5 nitrogen and oxygen atoms in total. The summed E-state index contributed by atoms with van der Waals surface area (Å²) in [6.07, 6.45) is 0. The second-order valence-electron chi connectivity index (χ2n) is 13.5. The molecule has 1 aromatic heterocycles. The highest BCUT2D eigenvalue weighted by molar-refractivity contribution is 6.13. The maximum Gasteiger partial charge on any atom is 0.164 e. The third kappa shape index (κ3) is 4.97. The van der Waals surface area contributed by atoms with Crippen LogP contribution in [0.4, 0.5) is 0 Å². The molecule has 1 aliphatic rings. The number of aromatic nitrogens is 3. The van der Waals surface area contributed by atoms with Crippen LogP contribution in [0.1, 0.15) is 27.8 Å². The van der Waals surface area contributed by atoms with E-state index in [1.807, 2.05) is 24.3 Å². The van der Waals surface area contributed by atoms with Gasteiger partial charge in [0.1, 0.15) is 11.5 Å². The fourth-order valence-electron chi connectivity index (χ4n) is 8.04. The Morgan fingerprint density at radius 2 is 1.00 bits per heavy atom. The van der Waals surface area contributed by atoms with E-state index >= 15 is 0 Å². The summed E-state index contributed by atoms with van der Waals surface area (Å²) in [4.78, 5) is 15.4. The van der Waals surface area contributed by atoms with Gasteiger partial charge in [-0.05, 0) is 75.1 Å². The number of hydrogen-bond acceptors (Lipinski definition) is 5. The Balaban J connectivity index is 1.22. The van der Waals surface area contributed by atoms with Gasteiger partial charge in [-0.25, -0.2) is 15.0 Å². The molecule has 0 fully saturated rings. The first-order valence-corrected chi connectivity index (χ1v) is 17.9. The summed E-state index contributed by atoms with van der Waals surface area (Å²) in [6, 6.07) is 64.4. The van der Waals surface area contributed by atoms with Crippen molar-refractivity contribution in [3.05, 3.63) is 210 Å². The van der Waals surface area contributed by atoms with Crippen molar-refractivity contribution in [2.75, 3.05) is 0 Å². The van der Waals surface area contributed by atoms with Gasteiger partial charge >= 0.3 is 0 Å². The quantitative estimate of drug-likeness (QED) is 0.168. The van der Waals surface area contributed by atoms with E-state index in [1.165, 1.54) is 5.39 Å². The van der Waals surface area contributed by atoms with Crippen LogP contribution >= 0.6 is 0 Å². The monoisotopic (exact) mass is 690 g/mol. The minimum absolute atomic E-state index is 0.517. The standard InChI is InChI=1S/C49H30N4O/c50-31-32-23-25-33(26-24-32)46-51-47(53-48(52-46)41-29-34-13-7-8-18-38(34)39-19-9-10-20-40(39)41)35-27-28-43-45(30-35)54-44-22-12-11-21-42(44)49(43,36-14-3-1-4-15-36)37-16-5-2-6-17-37/h1-30H. The lowest BCUT2D eigenvalue weighted by molar-refractivity contribution is 0.434. The average Bonchev–Trinajstić information content (AvgIpc) is 3.25. The van der Waals surface area contributed by atoms with Gasteiger partial charge < -0.3 is 4.74 Å². The van der Waals surface area contributed by atoms with Gasteiger partial charge in [0.15, 0.2) is 17.5 Å². The van der Waals surface area contributed by atoms with Crippen molar-refractivity contribution in [3.8, 4) is 51.7 Å². The number of fused-ring (bicyclic) bond motifs is 5. The molecule has 1 aliphatic heterocycles. The molecule has 54 heavy (non-hydrogen) atoms. The molecule has 0 atom stereocenters. The minimum atomic E-state index is -0.632. The van der Waals surface area contributed by atoms with Crippen LogP contribution in [0.25, 0.3) is 55.7 Å². The number of para-hydroxylation sites is 1. The van der Waals surface area contributed by atoms with E-state index in [9.17, 15) is 5.26 Å². The molecule has 0 aliphatic carbocycles. The van der Waals surface area contributed by atoms with Crippen LogP contribution in [-0.2, 0) is 5.41 Å². The topological polar surface area (TPSA) is 71.7 Å². The lowest BCUT2D eigenvalue weighted by Crippen LogP contribution is -2.34. The first-order valence-electron chi connectivity index (χ1n) is 17.9. The Morgan fingerprint density at radius 3 is 1.72 bits per heavy atom. The maximum atomic E-state index is 9.51. The smallest absolute Gasteiger partial charge is 0.164 e. The molecule has 0 spiro atoms. The predicted molar refractivity (Wildman–Crippen MR) is 214 cm³/mol. The third-order valence-electron chi connectivity index (χ3n) is 10.5. The van der Waals surface area contributed by atoms with E-state index in [0.717, 1.165) is 66.6 Å². The molecule has 0 radical (unpaired) electrons. The van der Waals surface area contributed by atoms with Gasteiger partial charge in [0.05, 0.1) is 17.0 Å². The van der Waals surface area contributed by atoms with Crippen molar-refractivity contribution in [2.24, 2.45) is 0 Å². The molecule has 5 heteroatoms. The van der Waals surface area contributed by atoms with Crippen LogP contribution in [0.5, 0.6) is 11.5 Å². The van der Waals surface area contributed by atoms with E-state index in [1.54, 1.807) is 12.1 Å². The summed E-state index contributed by atoms with van der Waals surface area (Å²) in [5.74, 6) is 3.13. The van der Waals surface area contributed by atoms with Crippen LogP contribution in [-0.4, -0.2) is 15.0 Å². The second-order valence-corrected chi connectivity index (χ2v) is 13.5. The van der Waals surface area contributed by atoms with Crippen molar-refractivity contribution in [1.29, 1.82) is 5.26 Å². The molecule has 10 rings (SSSR count). The van der Waals surface area contributed by atoms with E-state index in [2.05, 4.69) is 152 Å². The molecular formula is C49H30N4O. The molecule has 0 N–H and O–H groups in total. The molecule has 0 saturated carbocycles. The van der Waals surface area contributed by atoms with E-state index in [0.29, 0.717) is 23.0 Å². The number of nitriles is 1. The number of benzene rings is 8. The zero-order chi connectivity index (χ0) is 36.1. The number of hydrogen-bond donors (Lipinski definition) is 0. The molecular weight excluding hydrogens is 661 g/mol. The highest BCUT2D eigenvalue weighted by atomic mass is 16.5. The Kier molecular flexibility index (Phi) is 7.35. The molecule has 0 bridgehead atoms. The van der Waals surface area contributed by atoms with Crippen molar-refractivity contribution in [2.45, 2.75) is 5.41 Å². The van der Waals surface area contributed by atoms with Crippen molar-refractivity contribution >= 4 is 21.5 Å². The SMILES string of the molecule is N#Cc1ccc(-c2nc(-c3ccc4c(c3)Oc3ccccc3C4(c3ccccc3)c3ccccc3)nc(-c3cc4ccccc4c4ccccc34)n2)cc1. The van der Waals surface area contributed by atoms with Gasteiger partial charge in [0, 0.05) is 27.8 Å². The molecule has 2 heterocycles. The number of ether oxygens (including phenoxy) is 1. The van der Waals surface area contributed by atoms with Crippen LogP contribution in [0, 0.1) is 11.3 Å². The molecule has 0 amide bonds. The van der Waals surface area contributed by atoms with Gasteiger partial charge in [-0.2, -0.15) is 5.26 Å². The molecule has 9 aromatic rings. The van der Waals surface area contributed by atoms with Crippen molar-refractivity contribution < 1.29 is 4.74 Å². The van der Waals surface area contributed by atoms with Gasteiger partial charge in [-0.1, -0.05) is 140 Å². The van der Waals surface area contributed by atoms with Crippen LogP contribution in [0.3, 0.4) is 0 Å². The fraction of sp³-hybridized carbons (Fsp3) is 0.0204. The molecule has 0 unspecified atom stereocenters. The first kappa shape index (κ1) is 31.3. The summed E-state index contributed by atoms with van der Waals surface area (Å²) in [7, 11) is 0. The maximum absolute atomic E-state index is 9.51. The van der Waals surface area contributed by atoms with Gasteiger partial charge in [0.25, 0.3) is 0 Å². The van der Waals surface area contributed by atoms with Gasteiger partial charge in [-0.15, -0.1) is 0 Å². The Labute approximate surface area is 312 Å². The second kappa shape index (κ2) is 12.7. The van der Waals surface area contributed by atoms with E-state index in [-0.39, 0.29) is 0 Å². The first-order chi connectivity index (χ1) is 26.7.